The Labute approximate surface area is 329 Å². The molecule has 0 aliphatic carbocycles. The molecule has 0 saturated carbocycles. The zero-order valence-corrected chi connectivity index (χ0v) is 32.6. The third-order valence-electron chi connectivity index (χ3n) is 10.6. The summed E-state index contributed by atoms with van der Waals surface area (Å²) in [4.78, 5) is 52.2. The molecule has 10 nitrogen and oxygen atoms in total. The van der Waals surface area contributed by atoms with Crippen LogP contribution in [-0.4, -0.2) is 69.0 Å². The van der Waals surface area contributed by atoms with E-state index in [1.54, 1.807) is 20.8 Å². The topological polar surface area (TPSA) is 117 Å². The predicted octanol–water partition coefficient (Wildman–Crippen LogP) is 8.85. The van der Waals surface area contributed by atoms with Crippen LogP contribution in [0.1, 0.15) is 88.3 Å². The summed E-state index contributed by atoms with van der Waals surface area (Å²) in [5.41, 5.74) is 5.10. The number of aromatic amines is 1. The number of rotatable bonds is 11. The van der Waals surface area contributed by atoms with Gasteiger partial charge in [0, 0.05) is 13.1 Å². The fourth-order valence-electron chi connectivity index (χ4n) is 7.70. The minimum absolute atomic E-state index is 0.0629. The van der Waals surface area contributed by atoms with E-state index in [-0.39, 0.29) is 29.8 Å². The molecule has 5 aromatic rings. The molecule has 56 heavy (non-hydrogen) atoms. The van der Waals surface area contributed by atoms with Gasteiger partial charge in [-0.25, -0.2) is 9.78 Å². The summed E-state index contributed by atoms with van der Waals surface area (Å²) in [6, 6.07) is 34.5. The number of imidazole rings is 1. The number of hydrogen-bond donors (Lipinski definition) is 2. The van der Waals surface area contributed by atoms with Gasteiger partial charge in [0.15, 0.2) is 0 Å². The third kappa shape index (κ3) is 8.96. The highest BCUT2D eigenvalue weighted by Gasteiger charge is 2.37. The van der Waals surface area contributed by atoms with E-state index in [2.05, 4.69) is 34.6 Å². The van der Waals surface area contributed by atoms with Crippen molar-refractivity contribution in [3.63, 3.8) is 0 Å². The van der Waals surface area contributed by atoms with Crippen molar-refractivity contribution in [2.45, 2.75) is 83.0 Å². The maximum absolute atomic E-state index is 13.9. The molecule has 0 radical (unpaired) electrons. The van der Waals surface area contributed by atoms with Crippen LogP contribution in [-0.2, 0) is 14.3 Å². The van der Waals surface area contributed by atoms with Crippen LogP contribution in [0.5, 0.6) is 5.75 Å². The second kappa shape index (κ2) is 16.9. The molecular weight excluding hydrogens is 703 g/mol. The summed E-state index contributed by atoms with van der Waals surface area (Å²) in [6.07, 6.45) is 4.73. The van der Waals surface area contributed by atoms with Crippen molar-refractivity contribution in [3.05, 3.63) is 132 Å². The number of alkyl carbamates (subject to hydrolysis) is 1. The second-order valence-corrected chi connectivity index (χ2v) is 15.7. The molecule has 2 aliphatic rings. The molecule has 3 amide bonds. The summed E-state index contributed by atoms with van der Waals surface area (Å²) in [5, 5.41) is 2.81. The van der Waals surface area contributed by atoms with Crippen LogP contribution in [0.3, 0.4) is 0 Å². The molecule has 2 N–H and O–H groups in total. The van der Waals surface area contributed by atoms with Crippen molar-refractivity contribution in [1.29, 1.82) is 0 Å². The van der Waals surface area contributed by atoms with E-state index < -0.39 is 17.7 Å². The van der Waals surface area contributed by atoms with Crippen molar-refractivity contribution >= 4 is 17.9 Å². The number of hydrogen-bond acceptors (Lipinski definition) is 6. The van der Waals surface area contributed by atoms with E-state index >= 15 is 0 Å². The second-order valence-electron chi connectivity index (χ2n) is 15.7. The largest absolute Gasteiger partial charge is 0.491 e. The number of amides is 3. The van der Waals surface area contributed by atoms with E-state index in [0.29, 0.717) is 18.7 Å². The Morgan fingerprint density at radius 3 is 2.02 bits per heavy atom. The Kier molecular flexibility index (Phi) is 11.5. The number of nitrogens with one attached hydrogen (secondary N) is 2. The van der Waals surface area contributed by atoms with Crippen LogP contribution in [0.4, 0.5) is 4.79 Å². The highest BCUT2D eigenvalue weighted by molar-refractivity contribution is 5.87. The van der Waals surface area contributed by atoms with Crippen molar-refractivity contribution in [1.82, 2.24) is 25.1 Å². The van der Waals surface area contributed by atoms with Crippen molar-refractivity contribution in [2.75, 3.05) is 19.7 Å². The molecule has 1 aromatic heterocycles. The van der Waals surface area contributed by atoms with Gasteiger partial charge in [0.05, 0.1) is 29.9 Å². The van der Waals surface area contributed by atoms with E-state index in [1.807, 2.05) is 108 Å². The lowest BCUT2D eigenvalue weighted by molar-refractivity contribution is -0.135. The van der Waals surface area contributed by atoms with Crippen molar-refractivity contribution in [2.24, 2.45) is 0 Å². The summed E-state index contributed by atoms with van der Waals surface area (Å²) < 4.78 is 11.7. The maximum atomic E-state index is 13.9. The van der Waals surface area contributed by atoms with Gasteiger partial charge < -0.3 is 29.6 Å². The Balaban J connectivity index is 0.955. The average molecular weight is 754 g/mol. The first-order chi connectivity index (χ1) is 27.0. The van der Waals surface area contributed by atoms with E-state index in [1.165, 1.54) is 0 Å². The summed E-state index contributed by atoms with van der Waals surface area (Å²) in [7, 11) is 0. The molecule has 290 valence electrons. The number of benzene rings is 4. The molecule has 7 rings (SSSR count). The van der Waals surface area contributed by atoms with Crippen LogP contribution in [0.15, 0.2) is 115 Å². The lowest BCUT2D eigenvalue weighted by Gasteiger charge is -2.30. The number of carbonyl (C=O) groups excluding carboxylic acids is 3. The molecule has 2 fully saturated rings. The van der Waals surface area contributed by atoms with Crippen LogP contribution in [0, 0.1) is 0 Å². The number of aromatic nitrogens is 2. The predicted molar refractivity (Wildman–Crippen MR) is 217 cm³/mol. The SMILES string of the molecule is C[C@@H](C(=O)N1CCC[C@H]1c1ncc(-c2ccc(-c3ccc(OC[C@@H]4CCCN4C(=O)[C@H](NC(=O)OC(C)(C)C)c4ccccc4)cc3)cc2)[nH]1)c1ccccc1. The Morgan fingerprint density at radius 2 is 1.36 bits per heavy atom. The van der Waals surface area contributed by atoms with E-state index in [9.17, 15) is 14.4 Å². The van der Waals surface area contributed by atoms with Gasteiger partial charge in [-0.3, -0.25) is 9.59 Å². The minimum Gasteiger partial charge on any atom is -0.491 e. The molecule has 4 aromatic carbocycles. The quantitative estimate of drug-likeness (QED) is 0.139. The smallest absolute Gasteiger partial charge is 0.408 e. The number of likely N-dealkylation sites (tertiary alicyclic amines) is 2. The summed E-state index contributed by atoms with van der Waals surface area (Å²) in [5.74, 6) is 1.29. The van der Waals surface area contributed by atoms with Gasteiger partial charge in [0.1, 0.15) is 29.8 Å². The van der Waals surface area contributed by atoms with Crippen LogP contribution in [0.2, 0.25) is 0 Å². The molecule has 10 heteroatoms. The number of carbonyl (C=O) groups is 3. The maximum Gasteiger partial charge on any atom is 0.408 e. The zero-order chi connectivity index (χ0) is 39.2. The van der Waals surface area contributed by atoms with Gasteiger partial charge in [-0.15, -0.1) is 0 Å². The lowest BCUT2D eigenvalue weighted by Crippen LogP contribution is -2.47. The van der Waals surface area contributed by atoms with Crippen LogP contribution < -0.4 is 10.1 Å². The first-order valence-electron chi connectivity index (χ1n) is 19.6. The van der Waals surface area contributed by atoms with Crippen LogP contribution >= 0.6 is 0 Å². The van der Waals surface area contributed by atoms with Gasteiger partial charge in [-0.05, 0) is 93.3 Å². The standard InChI is InChI=1S/C46H51N5O5/c1-31(32-13-7-5-8-14-32)43(52)51-28-12-18-40(51)42-47-29-39(48-42)35-21-19-33(20-22-35)34-23-25-38(26-24-34)55-30-37-17-11-27-50(37)44(53)41(36-15-9-6-10-16-36)49-45(54)56-46(2,3)4/h5-10,13-16,19-26,29,31,37,40-41H,11-12,17-18,27-28,30H2,1-4H3,(H,47,48)(H,49,54)/t31-,37+,40+,41-/m1/s1. The zero-order valence-electron chi connectivity index (χ0n) is 32.6. The van der Waals surface area contributed by atoms with Gasteiger partial charge in [0.2, 0.25) is 11.8 Å². The average Bonchev–Trinajstić information content (AvgIpc) is 4.01. The van der Waals surface area contributed by atoms with E-state index in [4.69, 9.17) is 14.5 Å². The van der Waals surface area contributed by atoms with Crippen molar-refractivity contribution in [3.8, 4) is 28.1 Å². The molecule has 0 bridgehead atoms. The van der Waals surface area contributed by atoms with Crippen LogP contribution in [0.25, 0.3) is 22.4 Å². The molecule has 0 spiro atoms. The first-order valence-corrected chi connectivity index (χ1v) is 19.6. The molecule has 2 saturated heterocycles. The number of nitrogens with zero attached hydrogens (tertiary/aromatic N) is 3. The minimum atomic E-state index is -0.866. The van der Waals surface area contributed by atoms with Gasteiger partial charge in [-0.2, -0.15) is 0 Å². The first kappa shape index (κ1) is 38.4. The van der Waals surface area contributed by atoms with Gasteiger partial charge in [0.25, 0.3) is 0 Å². The highest BCUT2D eigenvalue weighted by Crippen LogP contribution is 2.35. The van der Waals surface area contributed by atoms with Crippen molar-refractivity contribution < 1.29 is 23.9 Å². The highest BCUT2D eigenvalue weighted by atomic mass is 16.6. The Morgan fingerprint density at radius 1 is 0.768 bits per heavy atom. The molecule has 0 unspecified atom stereocenters. The number of H-pyrrole nitrogens is 1. The summed E-state index contributed by atoms with van der Waals surface area (Å²) in [6.45, 7) is 9.04. The Bertz CT molecular complexity index is 2090. The molecule has 2 aliphatic heterocycles. The fraction of sp³-hybridized carbons (Fsp3) is 0.348. The lowest BCUT2D eigenvalue weighted by atomic mass is 9.99. The fourth-order valence-corrected chi connectivity index (χ4v) is 7.70. The Hall–Kier alpha value is -5.90. The van der Waals surface area contributed by atoms with E-state index in [0.717, 1.165) is 71.7 Å². The molecule has 4 atom stereocenters. The monoisotopic (exact) mass is 753 g/mol. The van der Waals surface area contributed by atoms with Gasteiger partial charge in [-0.1, -0.05) is 97.1 Å². The summed E-state index contributed by atoms with van der Waals surface area (Å²) >= 11 is 0. The third-order valence-corrected chi connectivity index (χ3v) is 10.6. The number of ether oxygens (including phenoxy) is 2. The van der Waals surface area contributed by atoms with Gasteiger partial charge >= 0.3 is 6.09 Å². The normalized spacial score (nSPS) is 18.0. The molecule has 3 heterocycles. The molecular formula is C46H51N5O5.